The topological polar surface area (TPSA) is 81.4 Å². The van der Waals surface area contributed by atoms with Crippen LogP contribution < -0.4 is 5.32 Å². The van der Waals surface area contributed by atoms with Gasteiger partial charge in [0.15, 0.2) is 12.4 Å². The minimum absolute atomic E-state index is 0.0518. The van der Waals surface area contributed by atoms with E-state index in [2.05, 4.69) is 10.5 Å². The van der Waals surface area contributed by atoms with Crippen LogP contribution >= 0.6 is 11.6 Å². The number of rotatable bonds is 5. The molecule has 1 aromatic heterocycles. The number of hydrogen-bond donors (Lipinski definition) is 1. The summed E-state index contributed by atoms with van der Waals surface area (Å²) in [4.78, 5) is 23.2. The number of nitrogens with zero attached hydrogens (tertiary/aromatic N) is 1. The van der Waals surface area contributed by atoms with Crippen molar-refractivity contribution in [1.29, 1.82) is 0 Å². The van der Waals surface area contributed by atoms with Gasteiger partial charge in [-0.3, -0.25) is 4.79 Å². The van der Waals surface area contributed by atoms with Gasteiger partial charge < -0.3 is 14.6 Å². The van der Waals surface area contributed by atoms with Crippen molar-refractivity contribution in [3.8, 4) is 11.3 Å². The van der Waals surface area contributed by atoms with Crippen molar-refractivity contribution in [2.75, 3.05) is 5.32 Å². The number of carbonyl (C=O) groups is 2. The average Bonchev–Trinajstić information content (AvgIpc) is 3.09. The predicted molar refractivity (Wildman–Crippen MR) is 96.8 cm³/mol. The summed E-state index contributed by atoms with van der Waals surface area (Å²) in [5, 5.41) is 7.20. The van der Waals surface area contributed by atoms with Gasteiger partial charge in [0.1, 0.15) is 5.69 Å². The minimum atomic E-state index is -0.526. The van der Waals surface area contributed by atoms with E-state index in [0.717, 1.165) is 5.56 Å². The van der Waals surface area contributed by atoms with Crippen LogP contribution in [0.5, 0.6) is 0 Å². The molecule has 1 N–H and O–H groups in total. The van der Waals surface area contributed by atoms with Crippen LogP contribution in [-0.4, -0.2) is 17.0 Å². The Labute approximate surface area is 154 Å². The summed E-state index contributed by atoms with van der Waals surface area (Å²) >= 11 is 5.86. The Morgan fingerprint density at radius 2 is 1.92 bits per heavy atom. The number of nitrogens with one attached hydrogen (secondary N) is 1. The number of hydrogen-bond acceptors (Lipinski definition) is 5. The van der Waals surface area contributed by atoms with E-state index in [1.165, 1.54) is 6.92 Å². The second-order valence-corrected chi connectivity index (χ2v) is 5.96. The van der Waals surface area contributed by atoms with Crippen molar-refractivity contribution in [1.82, 2.24) is 5.16 Å². The molecule has 0 saturated carbocycles. The lowest BCUT2D eigenvalue weighted by molar-refractivity contribution is -0.114. The van der Waals surface area contributed by atoms with Crippen LogP contribution in [0.15, 0.2) is 59.1 Å². The van der Waals surface area contributed by atoms with Gasteiger partial charge in [0.2, 0.25) is 5.91 Å². The first-order chi connectivity index (χ1) is 12.5. The van der Waals surface area contributed by atoms with E-state index in [4.69, 9.17) is 20.9 Å². The zero-order valence-corrected chi connectivity index (χ0v) is 14.6. The molecule has 0 atom stereocenters. The highest BCUT2D eigenvalue weighted by Gasteiger charge is 2.12. The van der Waals surface area contributed by atoms with Gasteiger partial charge >= 0.3 is 5.97 Å². The fourth-order valence-corrected chi connectivity index (χ4v) is 2.41. The number of benzene rings is 2. The molecule has 0 radical (unpaired) electrons. The number of amides is 1. The fourth-order valence-electron chi connectivity index (χ4n) is 2.28. The number of ether oxygens (including phenoxy) is 1. The van der Waals surface area contributed by atoms with Gasteiger partial charge in [-0.05, 0) is 30.3 Å². The van der Waals surface area contributed by atoms with Crippen LogP contribution in [-0.2, 0) is 16.1 Å². The number of esters is 1. The summed E-state index contributed by atoms with van der Waals surface area (Å²) in [6.07, 6.45) is 0. The van der Waals surface area contributed by atoms with Gasteiger partial charge in [-0.25, -0.2) is 4.79 Å². The lowest BCUT2D eigenvalue weighted by Crippen LogP contribution is -2.08. The molecule has 2 aromatic carbocycles. The van der Waals surface area contributed by atoms with Crippen molar-refractivity contribution in [3.05, 3.63) is 70.9 Å². The molecule has 6 nitrogen and oxygen atoms in total. The molecule has 0 spiro atoms. The zero-order valence-electron chi connectivity index (χ0n) is 13.9. The number of halogens is 1. The summed E-state index contributed by atoms with van der Waals surface area (Å²) in [6, 6.07) is 15.4. The highest BCUT2D eigenvalue weighted by Crippen LogP contribution is 2.22. The largest absolute Gasteiger partial charge is 0.454 e. The zero-order chi connectivity index (χ0) is 18.5. The third kappa shape index (κ3) is 4.49. The Bertz CT molecular complexity index is 935. The van der Waals surface area contributed by atoms with Crippen LogP contribution in [0, 0.1) is 0 Å². The van der Waals surface area contributed by atoms with Crippen LogP contribution in [0.3, 0.4) is 0 Å². The van der Waals surface area contributed by atoms with E-state index in [1.54, 1.807) is 42.5 Å². The van der Waals surface area contributed by atoms with E-state index < -0.39 is 5.97 Å². The molecule has 1 heterocycles. The lowest BCUT2D eigenvalue weighted by atomic mass is 10.1. The normalized spacial score (nSPS) is 10.4. The Balaban J connectivity index is 1.63. The summed E-state index contributed by atoms with van der Waals surface area (Å²) in [5.74, 6) is -0.324. The maximum Gasteiger partial charge on any atom is 0.338 e. The SMILES string of the molecule is CC(=O)Nc1cccc(C(=O)OCc2cc(-c3ccc(Cl)cc3)no2)c1. The second kappa shape index (κ2) is 7.84. The molecule has 0 bridgehead atoms. The Morgan fingerprint density at radius 3 is 2.65 bits per heavy atom. The third-order valence-corrected chi connectivity index (χ3v) is 3.72. The molecular formula is C19H15ClN2O4. The van der Waals surface area contributed by atoms with Crippen LogP contribution in [0.1, 0.15) is 23.0 Å². The average molecular weight is 371 g/mol. The fraction of sp³-hybridized carbons (Fsp3) is 0.105. The third-order valence-electron chi connectivity index (χ3n) is 3.46. The van der Waals surface area contributed by atoms with Gasteiger partial charge in [-0.15, -0.1) is 0 Å². The highest BCUT2D eigenvalue weighted by molar-refractivity contribution is 6.30. The molecule has 132 valence electrons. The van der Waals surface area contributed by atoms with E-state index in [-0.39, 0.29) is 12.5 Å². The van der Waals surface area contributed by atoms with Crippen molar-refractivity contribution in [2.45, 2.75) is 13.5 Å². The van der Waals surface area contributed by atoms with Gasteiger partial charge in [-0.2, -0.15) is 0 Å². The molecule has 3 aromatic rings. The Hall–Kier alpha value is -3.12. The monoisotopic (exact) mass is 370 g/mol. The van der Waals surface area contributed by atoms with Crippen molar-refractivity contribution < 1.29 is 18.8 Å². The van der Waals surface area contributed by atoms with Gasteiger partial charge in [0.05, 0.1) is 5.56 Å². The van der Waals surface area contributed by atoms with Crippen molar-refractivity contribution in [2.24, 2.45) is 0 Å². The number of aromatic nitrogens is 1. The smallest absolute Gasteiger partial charge is 0.338 e. The quantitative estimate of drug-likeness (QED) is 0.677. The molecule has 7 heteroatoms. The van der Waals surface area contributed by atoms with Gasteiger partial charge in [0.25, 0.3) is 0 Å². The van der Waals surface area contributed by atoms with E-state index in [1.807, 2.05) is 12.1 Å². The first-order valence-electron chi connectivity index (χ1n) is 7.77. The maximum absolute atomic E-state index is 12.2. The lowest BCUT2D eigenvalue weighted by Gasteiger charge is -2.05. The van der Waals surface area contributed by atoms with E-state index in [0.29, 0.717) is 27.7 Å². The maximum atomic E-state index is 12.2. The summed E-state index contributed by atoms with van der Waals surface area (Å²) in [5.41, 5.74) is 2.32. The van der Waals surface area contributed by atoms with Crippen molar-refractivity contribution in [3.63, 3.8) is 0 Å². The van der Waals surface area contributed by atoms with E-state index in [9.17, 15) is 9.59 Å². The molecule has 0 unspecified atom stereocenters. The molecule has 0 aliphatic heterocycles. The molecule has 1 amide bonds. The molecule has 26 heavy (non-hydrogen) atoms. The summed E-state index contributed by atoms with van der Waals surface area (Å²) in [7, 11) is 0. The molecule has 0 aliphatic rings. The van der Waals surface area contributed by atoms with Crippen LogP contribution in [0.25, 0.3) is 11.3 Å². The summed E-state index contributed by atoms with van der Waals surface area (Å²) in [6.45, 7) is 1.34. The number of carbonyl (C=O) groups excluding carboxylic acids is 2. The standard InChI is InChI=1S/C19H15ClN2O4/c1-12(23)21-16-4-2-3-14(9-16)19(24)25-11-17-10-18(22-26-17)13-5-7-15(20)8-6-13/h2-10H,11H2,1H3,(H,21,23). The highest BCUT2D eigenvalue weighted by atomic mass is 35.5. The van der Waals surface area contributed by atoms with Crippen LogP contribution in [0.2, 0.25) is 5.02 Å². The molecule has 0 fully saturated rings. The predicted octanol–water partition coefficient (Wildman–Crippen LogP) is 4.31. The second-order valence-electron chi connectivity index (χ2n) is 5.52. The Morgan fingerprint density at radius 1 is 1.15 bits per heavy atom. The van der Waals surface area contributed by atoms with Crippen molar-refractivity contribution >= 4 is 29.2 Å². The molecule has 0 aliphatic carbocycles. The van der Waals surface area contributed by atoms with E-state index >= 15 is 0 Å². The Kier molecular flexibility index (Phi) is 5.34. The van der Waals surface area contributed by atoms with Crippen LogP contribution in [0.4, 0.5) is 5.69 Å². The van der Waals surface area contributed by atoms with Gasteiger partial charge in [0, 0.05) is 29.3 Å². The minimum Gasteiger partial charge on any atom is -0.454 e. The first-order valence-corrected chi connectivity index (χ1v) is 8.15. The number of anilines is 1. The van der Waals surface area contributed by atoms with Gasteiger partial charge in [-0.1, -0.05) is 35.0 Å². The molecule has 0 saturated heterocycles. The molecular weight excluding hydrogens is 356 g/mol. The summed E-state index contributed by atoms with van der Waals surface area (Å²) < 4.78 is 10.4. The molecule has 3 rings (SSSR count). The first kappa shape index (κ1) is 17.7.